The number of piperidine rings is 1. The largest absolute Gasteiger partial charge is 0.396 e. The molecule has 1 unspecified atom stereocenters. The summed E-state index contributed by atoms with van der Waals surface area (Å²) in [4.78, 5) is 0. The van der Waals surface area contributed by atoms with Crippen molar-refractivity contribution in [2.75, 3.05) is 31.6 Å². The smallest absolute Gasteiger partial charge is 0.0632 e. The van der Waals surface area contributed by atoms with Crippen LogP contribution in [0.5, 0.6) is 0 Å². The summed E-state index contributed by atoms with van der Waals surface area (Å²) in [5.41, 5.74) is 4.00. The average molecular weight is 276 g/mol. The molecule has 0 saturated carbocycles. The van der Waals surface area contributed by atoms with Gasteiger partial charge in [-0.2, -0.15) is 0 Å². The van der Waals surface area contributed by atoms with Gasteiger partial charge in [0.25, 0.3) is 0 Å². The fraction of sp³-hybridized carbons (Fsp3) is 0.625. The molecule has 20 heavy (non-hydrogen) atoms. The number of nitrogens with one attached hydrogen (secondary N) is 2. The van der Waals surface area contributed by atoms with E-state index in [0.29, 0.717) is 11.8 Å². The first-order chi connectivity index (χ1) is 9.81. The third kappa shape index (κ3) is 2.68. The van der Waals surface area contributed by atoms with Gasteiger partial charge in [-0.1, -0.05) is 12.1 Å². The second-order valence-electron chi connectivity index (χ2n) is 6.08. The van der Waals surface area contributed by atoms with Gasteiger partial charge >= 0.3 is 0 Å². The summed E-state index contributed by atoms with van der Waals surface area (Å²) < 4.78 is 0. The Morgan fingerprint density at radius 1 is 1.15 bits per heavy atom. The Labute approximate surface area is 120 Å². The van der Waals surface area contributed by atoms with Gasteiger partial charge in [-0.05, 0) is 48.3 Å². The molecular formula is C16H24N2O2. The van der Waals surface area contributed by atoms with Gasteiger partial charge in [0.05, 0.1) is 6.61 Å². The van der Waals surface area contributed by atoms with Gasteiger partial charge in [-0.3, -0.25) is 0 Å². The van der Waals surface area contributed by atoms with E-state index in [1.165, 1.54) is 16.8 Å². The van der Waals surface area contributed by atoms with Crippen molar-refractivity contribution < 1.29 is 10.2 Å². The zero-order valence-electron chi connectivity index (χ0n) is 11.8. The van der Waals surface area contributed by atoms with Crippen LogP contribution in [0.1, 0.15) is 29.9 Å². The van der Waals surface area contributed by atoms with E-state index in [1.807, 2.05) is 0 Å². The lowest BCUT2D eigenvalue weighted by Crippen LogP contribution is -2.37. The second-order valence-corrected chi connectivity index (χ2v) is 6.08. The van der Waals surface area contributed by atoms with Crippen LogP contribution in [0.2, 0.25) is 0 Å². The Kier molecular flexibility index (Phi) is 4.24. The molecule has 2 aliphatic rings. The third-order valence-electron chi connectivity index (χ3n) is 4.67. The number of fused-ring (bicyclic) bond motifs is 1. The van der Waals surface area contributed by atoms with Crippen molar-refractivity contribution in [2.24, 2.45) is 5.92 Å². The number of aliphatic hydroxyl groups is 2. The molecule has 2 aliphatic heterocycles. The van der Waals surface area contributed by atoms with E-state index < -0.39 is 0 Å². The van der Waals surface area contributed by atoms with Gasteiger partial charge in [-0.25, -0.2) is 0 Å². The first-order valence-corrected chi connectivity index (χ1v) is 7.62. The number of hydrogen-bond acceptors (Lipinski definition) is 4. The van der Waals surface area contributed by atoms with Crippen LogP contribution in [-0.4, -0.2) is 42.6 Å². The Hall–Kier alpha value is -1.10. The molecule has 0 spiro atoms. The summed E-state index contributed by atoms with van der Waals surface area (Å²) in [6.07, 6.45) is 3.08. The average Bonchev–Trinajstić information content (AvgIpc) is 2.53. The Morgan fingerprint density at radius 3 is 2.85 bits per heavy atom. The molecule has 0 amide bonds. The first kappa shape index (κ1) is 13.9. The summed E-state index contributed by atoms with van der Waals surface area (Å²) in [5, 5.41) is 25.6. The monoisotopic (exact) mass is 276 g/mol. The maximum Gasteiger partial charge on any atom is 0.0632 e. The normalized spacial score (nSPS) is 29.6. The lowest BCUT2D eigenvalue weighted by atomic mass is 9.81. The lowest BCUT2D eigenvalue weighted by Gasteiger charge is -2.33. The van der Waals surface area contributed by atoms with Crippen LogP contribution in [0.3, 0.4) is 0 Å². The molecule has 2 heterocycles. The molecule has 0 aliphatic carbocycles. The van der Waals surface area contributed by atoms with E-state index in [9.17, 15) is 10.2 Å². The van der Waals surface area contributed by atoms with Crippen molar-refractivity contribution in [3.8, 4) is 0 Å². The molecule has 4 heteroatoms. The highest BCUT2D eigenvalue weighted by atomic mass is 16.3. The zero-order valence-corrected chi connectivity index (χ0v) is 11.8. The van der Waals surface area contributed by atoms with Gasteiger partial charge in [0, 0.05) is 31.4 Å². The zero-order chi connectivity index (χ0) is 13.9. The molecule has 4 N–H and O–H groups in total. The Bertz CT molecular complexity index is 464. The van der Waals surface area contributed by atoms with E-state index >= 15 is 0 Å². The molecular weight excluding hydrogens is 252 g/mol. The summed E-state index contributed by atoms with van der Waals surface area (Å²) in [7, 11) is 0. The predicted octanol–water partition coefficient (Wildman–Crippen LogP) is 1.09. The molecule has 1 saturated heterocycles. The van der Waals surface area contributed by atoms with Gasteiger partial charge < -0.3 is 20.8 Å². The molecule has 1 aromatic carbocycles. The highest BCUT2D eigenvalue weighted by molar-refractivity contribution is 5.58. The fourth-order valence-corrected chi connectivity index (χ4v) is 3.56. The van der Waals surface area contributed by atoms with Crippen molar-refractivity contribution in [1.29, 1.82) is 0 Å². The van der Waals surface area contributed by atoms with Crippen LogP contribution in [0.4, 0.5) is 5.69 Å². The van der Waals surface area contributed by atoms with Crippen LogP contribution in [0.15, 0.2) is 18.2 Å². The molecule has 1 fully saturated rings. The molecule has 4 nitrogen and oxygen atoms in total. The maximum atomic E-state index is 9.38. The summed E-state index contributed by atoms with van der Waals surface area (Å²) >= 11 is 0. The van der Waals surface area contributed by atoms with E-state index in [4.69, 9.17) is 0 Å². The lowest BCUT2D eigenvalue weighted by molar-refractivity contribution is 0.189. The van der Waals surface area contributed by atoms with Crippen molar-refractivity contribution >= 4 is 5.69 Å². The van der Waals surface area contributed by atoms with Crippen LogP contribution in [0, 0.1) is 5.92 Å². The Morgan fingerprint density at radius 2 is 2.05 bits per heavy atom. The van der Waals surface area contributed by atoms with Crippen LogP contribution >= 0.6 is 0 Å². The molecule has 3 atom stereocenters. The summed E-state index contributed by atoms with van der Waals surface area (Å²) in [6.45, 7) is 2.38. The van der Waals surface area contributed by atoms with Crippen molar-refractivity contribution in [2.45, 2.75) is 31.2 Å². The first-order valence-electron chi connectivity index (χ1n) is 7.62. The Balaban J connectivity index is 1.84. The van der Waals surface area contributed by atoms with Gasteiger partial charge in [0.15, 0.2) is 0 Å². The number of aliphatic hydroxyl groups excluding tert-OH is 2. The van der Waals surface area contributed by atoms with E-state index in [2.05, 4.69) is 28.8 Å². The van der Waals surface area contributed by atoms with Gasteiger partial charge in [0.2, 0.25) is 0 Å². The van der Waals surface area contributed by atoms with Crippen LogP contribution in [-0.2, 0) is 6.42 Å². The third-order valence-corrected chi connectivity index (χ3v) is 4.67. The maximum absolute atomic E-state index is 9.38. The standard InChI is InChI=1S/C16H24N2O2/c19-9-11-6-12(8-17-7-11)14-2-1-3-16-15(14)5-4-13(10-20)18-16/h1-3,11-13,17-20H,4-10H2/t11-,12-,13?/m1/s1. The van der Waals surface area contributed by atoms with Crippen molar-refractivity contribution in [1.82, 2.24) is 5.32 Å². The molecule has 0 bridgehead atoms. The molecule has 0 aromatic heterocycles. The molecule has 3 rings (SSSR count). The second kappa shape index (κ2) is 6.12. The van der Waals surface area contributed by atoms with Gasteiger partial charge in [0.1, 0.15) is 0 Å². The topological polar surface area (TPSA) is 64.5 Å². The number of hydrogen-bond donors (Lipinski definition) is 4. The minimum Gasteiger partial charge on any atom is -0.396 e. The number of rotatable bonds is 3. The molecule has 0 radical (unpaired) electrons. The predicted molar refractivity (Wildman–Crippen MR) is 80.1 cm³/mol. The SMILES string of the molecule is OCC1CCc2c(cccc2[C@H]2CNC[C@H](CO)C2)N1. The van der Waals surface area contributed by atoms with Crippen molar-refractivity contribution in [3.05, 3.63) is 29.3 Å². The van der Waals surface area contributed by atoms with E-state index in [-0.39, 0.29) is 19.3 Å². The highest BCUT2D eigenvalue weighted by Gasteiger charge is 2.27. The van der Waals surface area contributed by atoms with Crippen LogP contribution < -0.4 is 10.6 Å². The van der Waals surface area contributed by atoms with E-state index in [0.717, 1.165) is 32.4 Å². The van der Waals surface area contributed by atoms with Gasteiger partial charge in [-0.15, -0.1) is 0 Å². The van der Waals surface area contributed by atoms with E-state index in [1.54, 1.807) is 0 Å². The molecule has 1 aromatic rings. The summed E-state index contributed by atoms with van der Waals surface area (Å²) in [6, 6.07) is 6.63. The minimum atomic E-state index is 0.187. The fourth-order valence-electron chi connectivity index (χ4n) is 3.56. The molecule has 110 valence electrons. The van der Waals surface area contributed by atoms with Crippen molar-refractivity contribution in [3.63, 3.8) is 0 Å². The minimum absolute atomic E-state index is 0.187. The van der Waals surface area contributed by atoms with Crippen LogP contribution in [0.25, 0.3) is 0 Å². The quantitative estimate of drug-likeness (QED) is 0.667. The number of benzene rings is 1. The highest BCUT2D eigenvalue weighted by Crippen LogP contribution is 2.35. The number of anilines is 1. The summed E-state index contributed by atoms with van der Waals surface area (Å²) in [5.74, 6) is 0.856.